The van der Waals surface area contributed by atoms with Crippen molar-refractivity contribution in [3.05, 3.63) is 16.1 Å². The minimum absolute atomic E-state index is 0.191. The molecule has 1 unspecified atom stereocenters. The molecule has 0 spiro atoms. The molecule has 0 aliphatic carbocycles. The van der Waals surface area contributed by atoms with Crippen LogP contribution in [0.4, 0.5) is 11.6 Å². The fourth-order valence-corrected chi connectivity index (χ4v) is 2.19. The van der Waals surface area contributed by atoms with Gasteiger partial charge in [-0.2, -0.15) is 0 Å². The van der Waals surface area contributed by atoms with Gasteiger partial charge in [0.25, 0.3) is 0 Å². The van der Waals surface area contributed by atoms with Gasteiger partial charge in [-0.1, -0.05) is 36.5 Å². The van der Waals surface area contributed by atoms with Gasteiger partial charge in [0.2, 0.25) is 0 Å². The Labute approximate surface area is 118 Å². The Morgan fingerprint density at radius 2 is 2.00 bits per heavy atom. The van der Waals surface area contributed by atoms with Crippen molar-refractivity contribution in [1.82, 2.24) is 4.98 Å². The lowest BCUT2D eigenvalue weighted by atomic mass is 10.2. The first kappa shape index (κ1) is 15.3. The Balaban J connectivity index is 2.87. The minimum Gasteiger partial charge on any atom is -0.383 e. The molecular formula is C12H19Cl2N3O. The SMILES string of the molecule is CCCC(COC)Nc1nc(NC)c(Cl)cc1Cl. The van der Waals surface area contributed by atoms with Gasteiger partial charge < -0.3 is 15.4 Å². The van der Waals surface area contributed by atoms with E-state index in [0.29, 0.717) is 28.3 Å². The van der Waals surface area contributed by atoms with Gasteiger partial charge in [-0.15, -0.1) is 0 Å². The molecule has 1 aromatic heterocycles. The number of pyridine rings is 1. The van der Waals surface area contributed by atoms with E-state index in [-0.39, 0.29) is 6.04 Å². The van der Waals surface area contributed by atoms with E-state index in [4.69, 9.17) is 27.9 Å². The zero-order valence-corrected chi connectivity index (χ0v) is 12.4. The number of ether oxygens (including phenoxy) is 1. The van der Waals surface area contributed by atoms with Crippen LogP contribution in [0.15, 0.2) is 6.07 Å². The van der Waals surface area contributed by atoms with Gasteiger partial charge in [-0.05, 0) is 12.5 Å². The van der Waals surface area contributed by atoms with Crippen LogP contribution < -0.4 is 10.6 Å². The fourth-order valence-electron chi connectivity index (χ4n) is 1.68. The quantitative estimate of drug-likeness (QED) is 0.805. The lowest BCUT2D eigenvalue weighted by Gasteiger charge is -2.19. The van der Waals surface area contributed by atoms with Crippen LogP contribution in [0.1, 0.15) is 19.8 Å². The Kier molecular flexibility index (Phi) is 6.54. The maximum Gasteiger partial charge on any atom is 0.147 e. The third-order valence-electron chi connectivity index (χ3n) is 2.51. The highest BCUT2D eigenvalue weighted by molar-refractivity contribution is 6.37. The predicted octanol–water partition coefficient (Wildman–Crippen LogP) is 3.66. The molecule has 0 radical (unpaired) electrons. The first-order chi connectivity index (χ1) is 8.62. The maximum atomic E-state index is 6.12. The smallest absolute Gasteiger partial charge is 0.147 e. The van der Waals surface area contributed by atoms with Gasteiger partial charge >= 0.3 is 0 Å². The molecular weight excluding hydrogens is 273 g/mol. The molecule has 0 aliphatic rings. The van der Waals surface area contributed by atoms with Crippen LogP contribution in [-0.4, -0.2) is 31.8 Å². The van der Waals surface area contributed by atoms with Crippen LogP contribution >= 0.6 is 23.2 Å². The summed E-state index contributed by atoms with van der Waals surface area (Å²) < 4.78 is 5.17. The standard InChI is InChI=1S/C12H19Cl2N3O/c1-4-5-8(7-18-3)16-12-10(14)6-9(13)11(15-2)17-12/h6,8H,4-5,7H2,1-3H3,(H2,15,16,17). The molecule has 1 atom stereocenters. The molecule has 0 aliphatic heterocycles. The second-order valence-corrected chi connectivity index (χ2v) is 4.80. The van der Waals surface area contributed by atoms with Crippen LogP contribution in [0.3, 0.4) is 0 Å². The second kappa shape index (κ2) is 7.67. The summed E-state index contributed by atoms with van der Waals surface area (Å²) in [4.78, 5) is 4.35. The van der Waals surface area contributed by atoms with E-state index in [2.05, 4.69) is 22.5 Å². The number of nitrogens with one attached hydrogen (secondary N) is 2. The van der Waals surface area contributed by atoms with Crippen molar-refractivity contribution < 1.29 is 4.74 Å². The Hall–Kier alpha value is -0.710. The van der Waals surface area contributed by atoms with Crippen LogP contribution in [0, 0.1) is 0 Å². The molecule has 1 aromatic rings. The molecule has 0 aromatic carbocycles. The third kappa shape index (κ3) is 4.19. The highest BCUT2D eigenvalue weighted by atomic mass is 35.5. The molecule has 1 heterocycles. The summed E-state index contributed by atoms with van der Waals surface area (Å²) in [6.45, 7) is 2.74. The zero-order chi connectivity index (χ0) is 13.5. The highest BCUT2D eigenvalue weighted by Crippen LogP contribution is 2.29. The average Bonchev–Trinajstić information content (AvgIpc) is 2.33. The number of aromatic nitrogens is 1. The van der Waals surface area contributed by atoms with Crippen molar-refractivity contribution >= 4 is 34.8 Å². The number of anilines is 2. The number of rotatable bonds is 7. The summed E-state index contributed by atoms with van der Waals surface area (Å²) in [5, 5.41) is 7.23. The van der Waals surface area contributed by atoms with Gasteiger partial charge in [0.15, 0.2) is 0 Å². The molecule has 0 saturated carbocycles. The number of halogens is 2. The normalized spacial score (nSPS) is 12.3. The van der Waals surface area contributed by atoms with Crippen LogP contribution in [0.2, 0.25) is 10.0 Å². The van der Waals surface area contributed by atoms with Crippen molar-refractivity contribution in [3.8, 4) is 0 Å². The molecule has 0 saturated heterocycles. The van der Waals surface area contributed by atoms with Gasteiger partial charge in [-0.3, -0.25) is 0 Å². The molecule has 102 valence electrons. The largest absolute Gasteiger partial charge is 0.383 e. The molecule has 0 fully saturated rings. The van der Waals surface area contributed by atoms with E-state index in [1.54, 1.807) is 20.2 Å². The van der Waals surface area contributed by atoms with Gasteiger partial charge in [-0.25, -0.2) is 4.98 Å². The molecule has 18 heavy (non-hydrogen) atoms. The third-order valence-corrected chi connectivity index (χ3v) is 3.09. The van der Waals surface area contributed by atoms with Crippen molar-refractivity contribution in [2.75, 3.05) is 31.4 Å². The Bertz CT molecular complexity index is 382. The molecule has 0 bridgehead atoms. The van der Waals surface area contributed by atoms with Crippen LogP contribution in [-0.2, 0) is 4.74 Å². The van der Waals surface area contributed by atoms with Crippen LogP contribution in [0.5, 0.6) is 0 Å². The molecule has 6 heteroatoms. The van der Waals surface area contributed by atoms with Gasteiger partial charge in [0, 0.05) is 14.2 Å². The van der Waals surface area contributed by atoms with Gasteiger partial charge in [0.1, 0.15) is 11.6 Å². The second-order valence-electron chi connectivity index (χ2n) is 3.98. The monoisotopic (exact) mass is 291 g/mol. The highest BCUT2D eigenvalue weighted by Gasteiger charge is 2.13. The number of hydrogen-bond donors (Lipinski definition) is 2. The molecule has 1 rings (SSSR count). The molecule has 2 N–H and O–H groups in total. The maximum absolute atomic E-state index is 6.12. The van der Waals surface area contributed by atoms with E-state index in [0.717, 1.165) is 12.8 Å². The van der Waals surface area contributed by atoms with E-state index < -0.39 is 0 Å². The van der Waals surface area contributed by atoms with Gasteiger partial charge in [0.05, 0.1) is 22.7 Å². The zero-order valence-electron chi connectivity index (χ0n) is 10.9. The van der Waals surface area contributed by atoms with Crippen molar-refractivity contribution in [2.24, 2.45) is 0 Å². The predicted molar refractivity (Wildman–Crippen MR) is 78.0 cm³/mol. The number of methoxy groups -OCH3 is 1. The van der Waals surface area contributed by atoms with E-state index in [9.17, 15) is 0 Å². The average molecular weight is 292 g/mol. The summed E-state index contributed by atoms with van der Waals surface area (Å²) in [5.74, 6) is 1.23. The van der Waals surface area contributed by atoms with Crippen molar-refractivity contribution in [3.63, 3.8) is 0 Å². The fraction of sp³-hybridized carbons (Fsp3) is 0.583. The first-order valence-electron chi connectivity index (χ1n) is 5.91. The summed E-state index contributed by atoms with van der Waals surface area (Å²) in [6.07, 6.45) is 2.05. The Morgan fingerprint density at radius 3 is 2.56 bits per heavy atom. The van der Waals surface area contributed by atoms with E-state index in [1.807, 2.05) is 0 Å². The number of nitrogens with zero attached hydrogens (tertiary/aromatic N) is 1. The summed E-state index contributed by atoms with van der Waals surface area (Å²) in [6, 6.07) is 1.87. The molecule has 4 nitrogen and oxygen atoms in total. The van der Waals surface area contributed by atoms with Crippen molar-refractivity contribution in [1.29, 1.82) is 0 Å². The summed E-state index contributed by atoms with van der Waals surface area (Å²) in [5.41, 5.74) is 0. The van der Waals surface area contributed by atoms with E-state index >= 15 is 0 Å². The van der Waals surface area contributed by atoms with Crippen molar-refractivity contribution in [2.45, 2.75) is 25.8 Å². The lowest BCUT2D eigenvalue weighted by Crippen LogP contribution is -2.25. The van der Waals surface area contributed by atoms with Crippen LogP contribution in [0.25, 0.3) is 0 Å². The topological polar surface area (TPSA) is 46.2 Å². The number of hydrogen-bond acceptors (Lipinski definition) is 4. The minimum atomic E-state index is 0.191. The first-order valence-corrected chi connectivity index (χ1v) is 6.67. The molecule has 0 amide bonds. The Morgan fingerprint density at radius 1 is 1.33 bits per heavy atom. The summed E-state index contributed by atoms with van der Waals surface area (Å²) in [7, 11) is 3.45. The lowest BCUT2D eigenvalue weighted by molar-refractivity contribution is 0.182. The van der Waals surface area contributed by atoms with E-state index in [1.165, 1.54) is 0 Å². The summed E-state index contributed by atoms with van der Waals surface area (Å²) >= 11 is 12.1.